The lowest BCUT2D eigenvalue weighted by atomic mass is 9.99. The van der Waals surface area contributed by atoms with Crippen LogP contribution in [0.15, 0.2) is 146 Å². The van der Waals surface area contributed by atoms with Gasteiger partial charge in [0.05, 0.1) is 25.4 Å². The zero-order valence-electron chi connectivity index (χ0n) is 43.5. The van der Waals surface area contributed by atoms with E-state index in [4.69, 9.17) is 9.47 Å². The Kier molecular flexibility index (Phi) is 44.6. The quantitative estimate of drug-likeness (QED) is 0.0261. The van der Waals surface area contributed by atoms with E-state index in [1.807, 2.05) is 6.08 Å². The van der Waals surface area contributed by atoms with Gasteiger partial charge in [0.1, 0.15) is 24.4 Å². The normalized spacial score (nSPS) is 20.6. The summed E-state index contributed by atoms with van der Waals surface area (Å²) in [6.07, 6.45) is 69.0. The second kappa shape index (κ2) is 48.7. The molecule has 1 heterocycles. The van der Waals surface area contributed by atoms with Gasteiger partial charge in [-0.3, -0.25) is 4.79 Å². The smallest absolute Gasteiger partial charge is 0.220 e. The van der Waals surface area contributed by atoms with Crippen molar-refractivity contribution < 1.29 is 39.8 Å². The van der Waals surface area contributed by atoms with Crippen molar-refractivity contribution in [3.8, 4) is 0 Å². The van der Waals surface area contributed by atoms with Gasteiger partial charge in [-0.15, -0.1) is 0 Å². The van der Waals surface area contributed by atoms with Crippen LogP contribution >= 0.6 is 0 Å². The van der Waals surface area contributed by atoms with E-state index in [2.05, 4.69) is 153 Å². The molecule has 70 heavy (non-hydrogen) atoms. The second-order valence-electron chi connectivity index (χ2n) is 17.9. The van der Waals surface area contributed by atoms with Gasteiger partial charge in [0.25, 0.3) is 0 Å². The first kappa shape index (κ1) is 64.1. The van der Waals surface area contributed by atoms with Crippen LogP contribution in [0.2, 0.25) is 0 Å². The molecule has 1 aliphatic heterocycles. The van der Waals surface area contributed by atoms with Crippen molar-refractivity contribution in [2.75, 3.05) is 13.2 Å². The molecule has 1 aliphatic rings. The van der Waals surface area contributed by atoms with Gasteiger partial charge in [-0.1, -0.05) is 205 Å². The maximum atomic E-state index is 13.0. The van der Waals surface area contributed by atoms with Crippen LogP contribution in [0.5, 0.6) is 0 Å². The summed E-state index contributed by atoms with van der Waals surface area (Å²) in [5.74, 6) is -0.256. The maximum Gasteiger partial charge on any atom is 0.220 e. The Labute approximate surface area is 425 Å². The van der Waals surface area contributed by atoms with Gasteiger partial charge in [0, 0.05) is 6.42 Å². The van der Waals surface area contributed by atoms with E-state index in [1.165, 1.54) is 51.4 Å². The third-order valence-electron chi connectivity index (χ3n) is 11.6. The monoisotopic (exact) mass is 972 g/mol. The molecule has 394 valence electrons. The zero-order chi connectivity index (χ0) is 50.8. The summed E-state index contributed by atoms with van der Waals surface area (Å²) < 4.78 is 11.2. The fraction of sp³-hybridized carbons (Fsp3) is 0.590. The number of amides is 1. The summed E-state index contributed by atoms with van der Waals surface area (Å²) in [5, 5.41) is 54.3. The predicted molar refractivity (Wildman–Crippen MR) is 294 cm³/mol. The number of unbranched alkanes of at least 4 members (excludes halogenated alkanes) is 11. The second-order valence-corrected chi connectivity index (χ2v) is 17.9. The summed E-state index contributed by atoms with van der Waals surface area (Å²) in [5.41, 5.74) is 0. The van der Waals surface area contributed by atoms with Crippen LogP contribution in [0.4, 0.5) is 0 Å². The first-order valence-corrected chi connectivity index (χ1v) is 27.1. The third-order valence-corrected chi connectivity index (χ3v) is 11.6. The van der Waals surface area contributed by atoms with Crippen LogP contribution in [0.25, 0.3) is 0 Å². The van der Waals surface area contributed by atoms with Crippen molar-refractivity contribution in [2.24, 2.45) is 0 Å². The molecule has 0 bridgehead atoms. The highest BCUT2D eigenvalue weighted by atomic mass is 16.7. The average Bonchev–Trinajstić information content (AvgIpc) is 3.36. The van der Waals surface area contributed by atoms with Gasteiger partial charge in [0.15, 0.2) is 6.29 Å². The van der Waals surface area contributed by atoms with Crippen LogP contribution in [-0.4, -0.2) is 87.5 Å². The number of carbonyl (C=O) groups excluding carboxylic acids is 1. The topological polar surface area (TPSA) is 149 Å². The number of allylic oxidation sites excluding steroid dienone is 23. The fourth-order valence-electron chi connectivity index (χ4n) is 7.36. The number of hydrogen-bond donors (Lipinski definition) is 6. The molecule has 0 aromatic rings. The largest absolute Gasteiger partial charge is 0.394 e. The van der Waals surface area contributed by atoms with Crippen molar-refractivity contribution in [3.05, 3.63) is 146 Å². The van der Waals surface area contributed by atoms with Gasteiger partial charge in [-0.2, -0.15) is 0 Å². The average molecular weight is 972 g/mol. The molecule has 6 N–H and O–H groups in total. The van der Waals surface area contributed by atoms with Crippen LogP contribution in [-0.2, 0) is 14.3 Å². The lowest BCUT2D eigenvalue weighted by Gasteiger charge is -2.40. The molecule has 9 heteroatoms. The molecule has 0 aliphatic carbocycles. The summed E-state index contributed by atoms with van der Waals surface area (Å²) in [4.78, 5) is 13.0. The minimum Gasteiger partial charge on any atom is -0.394 e. The number of nitrogens with one attached hydrogen (secondary N) is 1. The molecule has 1 rings (SSSR count). The zero-order valence-corrected chi connectivity index (χ0v) is 43.5. The van der Waals surface area contributed by atoms with Crippen LogP contribution < -0.4 is 5.32 Å². The molecule has 0 aromatic heterocycles. The van der Waals surface area contributed by atoms with Crippen LogP contribution in [0.1, 0.15) is 174 Å². The van der Waals surface area contributed by atoms with E-state index in [-0.39, 0.29) is 18.9 Å². The molecule has 7 atom stereocenters. The summed E-state index contributed by atoms with van der Waals surface area (Å²) >= 11 is 0. The van der Waals surface area contributed by atoms with Crippen molar-refractivity contribution in [1.29, 1.82) is 0 Å². The maximum absolute atomic E-state index is 13.0. The van der Waals surface area contributed by atoms with Crippen molar-refractivity contribution in [2.45, 2.75) is 217 Å². The number of hydrogen-bond acceptors (Lipinski definition) is 8. The van der Waals surface area contributed by atoms with Crippen LogP contribution in [0, 0.1) is 0 Å². The Hall–Kier alpha value is -3.93. The van der Waals surface area contributed by atoms with Crippen molar-refractivity contribution >= 4 is 5.91 Å². The van der Waals surface area contributed by atoms with Crippen molar-refractivity contribution in [1.82, 2.24) is 5.32 Å². The van der Waals surface area contributed by atoms with E-state index >= 15 is 0 Å². The minimum atomic E-state index is -1.59. The Morgan fingerprint density at radius 2 is 0.900 bits per heavy atom. The van der Waals surface area contributed by atoms with E-state index in [9.17, 15) is 30.3 Å². The minimum absolute atomic E-state index is 0.240. The molecule has 7 unspecified atom stereocenters. The molecule has 1 fully saturated rings. The highest BCUT2D eigenvalue weighted by Crippen LogP contribution is 2.22. The lowest BCUT2D eigenvalue weighted by molar-refractivity contribution is -0.302. The van der Waals surface area contributed by atoms with Gasteiger partial charge < -0.3 is 40.3 Å². The van der Waals surface area contributed by atoms with Gasteiger partial charge in [-0.05, 0) is 109 Å². The first-order chi connectivity index (χ1) is 34.3. The van der Waals surface area contributed by atoms with Gasteiger partial charge in [0.2, 0.25) is 5.91 Å². The molecule has 0 radical (unpaired) electrons. The molecule has 0 saturated carbocycles. The molecule has 1 saturated heterocycles. The molecule has 9 nitrogen and oxygen atoms in total. The Balaban J connectivity index is 2.37. The number of aliphatic hydroxyl groups is 5. The number of ether oxygens (including phenoxy) is 2. The molecule has 0 spiro atoms. The summed E-state index contributed by atoms with van der Waals surface area (Å²) in [7, 11) is 0. The molecule has 0 aromatic carbocycles. The molecular formula is C61H97NO8. The molecular weight excluding hydrogens is 875 g/mol. The Bertz CT molecular complexity index is 1600. The number of aliphatic hydroxyl groups excluding tert-OH is 5. The third kappa shape index (κ3) is 37.8. The predicted octanol–water partition coefficient (Wildman–Crippen LogP) is 13.1. The fourth-order valence-corrected chi connectivity index (χ4v) is 7.36. The summed E-state index contributed by atoms with van der Waals surface area (Å²) in [6.45, 7) is 3.58. The first-order valence-electron chi connectivity index (χ1n) is 27.1. The number of rotatable bonds is 43. The Morgan fingerprint density at radius 1 is 0.500 bits per heavy atom. The van der Waals surface area contributed by atoms with Crippen LogP contribution in [0.3, 0.4) is 0 Å². The molecule has 1 amide bonds. The highest BCUT2D eigenvalue weighted by molar-refractivity contribution is 5.76. The van der Waals surface area contributed by atoms with E-state index in [0.29, 0.717) is 12.8 Å². The van der Waals surface area contributed by atoms with E-state index in [1.54, 1.807) is 6.08 Å². The highest BCUT2D eigenvalue weighted by Gasteiger charge is 2.44. The Morgan fingerprint density at radius 3 is 1.37 bits per heavy atom. The van der Waals surface area contributed by atoms with Crippen molar-refractivity contribution in [3.63, 3.8) is 0 Å². The SMILES string of the molecule is CC/C=C\C/C=C\C/C=C\C/C=C\C/C=C\C/C=C\C/C=C\C/C=C\C/C=C\CCCC(=O)NC(COC1OC(CO)C(O)C(O)C1O)C(O)/C=C/CC/C=C/CC/C=C/CCCCCCCCCC. The van der Waals surface area contributed by atoms with Gasteiger partial charge in [-0.25, -0.2) is 0 Å². The van der Waals surface area contributed by atoms with E-state index in [0.717, 1.165) is 89.9 Å². The number of carbonyl (C=O) groups is 1. The summed E-state index contributed by atoms with van der Waals surface area (Å²) in [6, 6.07) is -0.871. The standard InChI is InChI=1S/C61H97NO8/c1-3-5-7-9-11-13-15-17-19-21-23-24-25-26-27-28-29-30-31-32-33-35-37-39-41-43-45-47-49-51-57(65)62-54(53-69-61-60(68)59(67)58(66)56(52-63)70-61)55(64)50-48-46-44-42-40-38-36-34-22-20-18-16-14-12-10-8-6-4-2/h5,7,11,13,17,19,22-24,26-27,29-30,32-34,37,39-40,42-43,45,48,50,54-56,58-61,63-64,66-68H,3-4,6,8-10,12,14-16,18,20-21,25,28,31,35-36,38,41,44,46-47,49,51-53H2,1-2H3,(H,62,65)/b7-5-,13-11-,19-17-,24-23-,27-26-,30-29-,33-32-,34-22+,39-37-,42-40+,45-43-,50-48+. The van der Waals surface area contributed by atoms with E-state index < -0.39 is 49.5 Å². The lowest BCUT2D eigenvalue weighted by Crippen LogP contribution is -2.60. The van der Waals surface area contributed by atoms with Gasteiger partial charge >= 0.3 is 0 Å².